The number of fused-ring (bicyclic) bond motifs is 1. The molecule has 2 rings (SSSR count). The standard InChI is InChI=1S/C16H20O4/c17-15-11-5-3-1-2-4-6-12-16(18)20-14-10-8-7-9-13(14)19-15/h7-10H,1-6,11-12H2. The summed E-state index contributed by atoms with van der Waals surface area (Å²) >= 11 is 0. The fourth-order valence-electron chi connectivity index (χ4n) is 2.21. The first kappa shape index (κ1) is 14.6. The lowest BCUT2D eigenvalue weighted by Crippen LogP contribution is -2.12. The molecule has 0 amide bonds. The smallest absolute Gasteiger partial charge is 0.311 e. The van der Waals surface area contributed by atoms with Crippen LogP contribution in [-0.4, -0.2) is 11.9 Å². The van der Waals surface area contributed by atoms with E-state index in [1.165, 1.54) is 0 Å². The second kappa shape index (κ2) is 7.68. The molecule has 0 aromatic heterocycles. The number of esters is 2. The van der Waals surface area contributed by atoms with E-state index < -0.39 is 0 Å². The molecule has 0 saturated carbocycles. The molecule has 4 nitrogen and oxygen atoms in total. The number of para-hydroxylation sites is 2. The molecule has 0 radical (unpaired) electrons. The maximum absolute atomic E-state index is 11.7. The average Bonchev–Trinajstić information content (AvgIpc) is 2.43. The molecule has 0 unspecified atom stereocenters. The molecular formula is C16H20O4. The van der Waals surface area contributed by atoms with E-state index in [0.717, 1.165) is 38.5 Å². The SMILES string of the molecule is O=C1CCCCCCCCC(=O)Oc2ccccc2O1. The lowest BCUT2D eigenvalue weighted by atomic mass is 10.1. The molecular weight excluding hydrogens is 256 g/mol. The fourth-order valence-corrected chi connectivity index (χ4v) is 2.21. The molecule has 0 bridgehead atoms. The third-order valence-corrected chi connectivity index (χ3v) is 3.31. The maximum Gasteiger partial charge on any atom is 0.311 e. The third-order valence-electron chi connectivity index (χ3n) is 3.31. The number of hydrogen-bond donors (Lipinski definition) is 0. The molecule has 1 aromatic carbocycles. The van der Waals surface area contributed by atoms with Crippen LogP contribution in [0.4, 0.5) is 0 Å². The van der Waals surface area contributed by atoms with Crippen LogP contribution in [-0.2, 0) is 9.59 Å². The third kappa shape index (κ3) is 4.68. The highest BCUT2D eigenvalue weighted by Crippen LogP contribution is 2.27. The van der Waals surface area contributed by atoms with Crippen molar-refractivity contribution in [3.05, 3.63) is 24.3 Å². The van der Waals surface area contributed by atoms with Gasteiger partial charge < -0.3 is 9.47 Å². The zero-order valence-electron chi connectivity index (χ0n) is 11.6. The topological polar surface area (TPSA) is 52.6 Å². The van der Waals surface area contributed by atoms with Gasteiger partial charge in [0.2, 0.25) is 0 Å². The van der Waals surface area contributed by atoms with E-state index in [-0.39, 0.29) is 11.9 Å². The van der Waals surface area contributed by atoms with Gasteiger partial charge in [0, 0.05) is 12.8 Å². The van der Waals surface area contributed by atoms with Crippen molar-refractivity contribution in [2.75, 3.05) is 0 Å². The molecule has 0 saturated heterocycles. The van der Waals surface area contributed by atoms with Crippen molar-refractivity contribution in [3.63, 3.8) is 0 Å². The normalized spacial score (nSPS) is 18.4. The lowest BCUT2D eigenvalue weighted by Gasteiger charge is -2.11. The van der Waals surface area contributed by atoms with Gasteiger partial charge in [-0.3, -0.25) is 9.59 Å². The molecule has 0 spiro atoms. The molecule has 1 heterocycles. The van der Waals surface area contributed by atoms with Crippen LogP contribution in [0.3, 0.4) is 0 Å². The molecule has 1 aromatic rings. The fraction of sp³-hybridized carbons (Fsp3) is 0.500. The van der Waals surface area contributed by atoms with Crippen LogP contribution in [0.15, 0.2) is 24.3 Å². The molecule has 1 aliphatic rings. The van der Waals surface area contributed by atoms with Crippen LogP contribution in [0.25, 0.3) is 0 Å². The molecule has 0 aliphatic carbocycles. The Labute approximate surface area is 119 Å². The van der Waals surface area contributed by atoms with Crippen molar-refractivity contribution in [1.29, 1.82) is 0 Å². The maximum atomic E-state index is 11.7. The van der Waals surface area contributed by atoms with E-state index in [0.29, 0.717) is 24.3 Å². The van der Waals surface area contributed by atoms with Gasteiger partial charge in [-0.2, -0.15) is 0 Å². The second-order valence-electron chi connectivity index (χ2n) is 5.02. The van der Waals surface area contributed by atoms with Gasteiger partial charge in [0.15, 0.2) is 11.5 Å². The van der Waals surface area contributed by atoms with Crippen LogP contribution in [0, 0.1) is 0 Å². The highest BCUT2D eigenvalue weighted by Gasteiger charge is 2.13. The number of hydrogen-bond acceptors (Lipinski definition) is 4. The van der Waals surface area contributed by atoms with Gasteiger partial charge in [0.05, 0.1) is 0 Å². The van der Waals surface area contributed by atoms with Crippen LogP contribution in [0.2, 0.25) is 0 Å². The van der Waals surface area contributed by atoms with E-state index in [1.807, 2.05) is 0 Å². The zero-order chi connectivity index (χ0) is 14.2. The number of ether oxygens (including phenoxy) is 2. The number of carbonyl (C=O) groups is 2. The van der Waals surface area contributed by atoms with Gasteiger partial charge >= 0.3 is 11.9 Å². The van der Waals surface area contributed by atoms with Crippen molar-refractivity contribution >= 4 is 11.9 Å². The highest BCUT2D eigenvalue weighted by atomic mass is 16.6. The van der Waals surface area contributed by atoms with Gasteiger partial charge in [-0.15, -0.1) is 0 Å². The molecule has 0 fully saturated rings. The Kier molecular flexibility index (Phi) is 5.59. The Morgan fingerprint density at radius 3 is 1.50 bits per heavy atom. The Hall–Kier alpha value is -1.84. The number of carbonyl (C=O) groups excluding carboxylic acids is 2. The molecule has 1 aliphatic heterocycles. The highest BCUT2D eigenvalue weighted by molar-refractivity contribution is 5.76. The Balaban J connectivity index is 2.09. The summed E-state index contributed by atoms with van der Waals surface area (Å²) in [6.07, 6.45) is 6.76. The summed E-state index contributed by atoms with van der Waals surface area (Å²) < 4.78 is 10.5. The average molecular weight is 276 g/mol. The molecule has 0 atom stereocenters. The summed E-state index contributed by atoms with van der Waals surface area (Å²) in [4.78, 5) is 23.5. The van der Waals surface area contributed by atoms with Crippen molar-refractivity contribution in [3.8, 4) is 11.5 Å². The summed E-state index contributed by atoms with van der Waals surface area (Å²) in [5.74, 6) is 0.0990. The van der Waals surface area contributed by atoms with Crippen LogP contribution >= 0.6 is 0 Å². The van der Waals surface area contributed by atoms with Crippen LogP contribution in [0.5, 0.6) is 11.5 Å². The zero-order valence-corrected chi connectivity index (χ0v) is 11.6. The molecule has 108 valence electrons. The number of benzene rings is 1. The Bertz CT molecular complexity index is 424. The quantitative estimate of drug-likeness (QED) is 0.536. The van der Waals surface area contributed by atoms with E-state index in [1.54, 1.807) is 24.3 Å². The van der Waals surface area contributed by atoms with Crippen molar-refractivity contribution in [2.24, 2.45) is 0 Å². The second-order valence-corrected chi connectivity index (χ2v) is 5.02. The van der Waals surface area contributed by atoms with Crippen molar-refractivity contribution in [1.82, 2.24) is 0 Å². The molecule has 0 N–H and O–H groups in total. The monoisotopic (exact) mass is 276 g/mol. The van der Waals surface area contributed by atoms with Crippen LogP contribution < -0.4 is 9.47 Å². The molecule has 4 heteroatoms. The van der Waals surface area contributed by atoms with E-state index in [4.69, 9.17) is 9.47 Å². The van der Waals surface area contributed by atoms with E-state index >= 15 is 0 Å². The number of rotatable bonds is 0. The first-order chi connectivity index (χ1) is 9.75. The van der Waals surface area contributed by atoms with Gasteiger partial charge in [0.25, 0.3) is 0 Å². The summed E-state index contributed by atoms with van der Waals surface area (Å²) in [5, 5.41) is 0. The van der Waals surface area contributed by atoms with E-state index in [9.17, 15) is 9.59 Å². The largest absolute Gasteiger partial charge is 0.423 e. The van der Waals surface area contributed by atoms with Gasteiger partial charge in [-0.25, -0.2) is 0 Å². The summed E-state index contributed by atoms with van der Waals surface area (Å²) in [6.45, 7) is 0. The van der Waals surface area contributed by atoms with Crippen molar-refractivity contribution < 1.29 is 19.1 Å². The van der Waals surface area contributed by atoms with Crippen molar-refractivity contribution in [2.45, 2.75) is 51.4 Å². The predicted octanol–water partition coefficient (Wildman–Crippen LogP) is 3.63. The van der Waals surface area contributed by atoms with Crippen LogP contribution in [0.1, 0.15) is 51.4 Å². The van der Waals surface area contributed by atoms with E-state index in [2.05, 4.69) is 0 Å². The summed E-state index contributed by atoms with van der Waals surface area (Å²) in [5.41, 5.74) is 0. The minimum atomic E-state index is -0.273. The first-order valence-electron chi connectivity index (χ1n) is 7.26. The Morgan fingerprint density at radius 1 is 0.650 bits per heavy atom. The first-order valence-corrected chi connectivity index (χ1v) is 7.26. The van der Waals surface area contributed by atoms with Gasteiger partial charge in [-0.1, -0.05) is 37.8 Å². The minimum Gasteiger partial charge on any atom is -0.423 e. The lowest BCUT2D eigenvalue weighted by molar-refractivity contribution is -0.137. The predicted molar refractivity (Wildman–Crippen MR) is 74.6 cm³/mol. The Morgan fingerprint density at radius 2 is 1.05 bits per heavy atom. The summed E-state index contributed by atoms with van der Waals surface area (Å²) in [7, 11) is 0. The minimum absolute atomic E-state index is 0.273. The summed E-state index contributed by atoms with van der Waals surface area (Å²) in [6, 6.07) is 6.80. The van der Waals surface area contributed by atoms with Gasteiger partial charge in [-0.05, 0) is 25.0 Å². The van der Waals surface area contributed by atoms with Gasteiger partial charge in [0.1, 0.15) is 0 Å². The molecule has 20 heavy (non-hydrogen) atoms.